The van der Waals surface area contributed by atoms with Gasteiger partial charge in [0.25, 0.3) is 0 Å². The van der Waals surface area contributed by atoms with E-state index in [2.05, 4.69) is 10.5 Å². The van der Waals surface area contributed by atoms with Crippen LogP contribution in [0.2, 0.25) is 10.0 Å². The first-order valence-corrected chi connectivity index (χ1v) is 6.91. The van der Waals surface area contributed by atoms with Crippen molar-refractivity contribution in [1.29, 1.82) is 0 Å². The topological polar surface area (TPSA) is 33.6 Å². The Kier molecular flexibility index (Phi) is 5.27. The highest BCUT2D eigenvalue weighted by molar-refractivity contribution is 6.42. The van der Waals surface area contributed by atoms with Crippen molar-refractivity contribution < 1.29 is 4.74 Å². The Balaban J connectivity index is 1.97. The molecular formula is C15H14Cl2N2O. The second kappa shape index (κ2) is 7.17. The number of rotatable bonds is 5. The minimum atomic E-state index is 0.493. The van der Waals surface area contributed by atoms with Crippen LogP contribution in [-0.2, 0) is 0 Å². The highest BCUT2D eigenvalue weighted by Gasteiger charge is 1.98. The zero-order valence-corrected chi connectivity index (χ0v) is 12.4. The molecule has 5 heteroatoms. The maximum Gasteiger partial charge on any atom is 0.119 e. The van der Waals surface area contributed by atoms with Gasteiger partial charge in [0.1, 0.15) is 5.75 Å². The van der Waals surface area contributed by atoms with E-state index in [0.29, 0.717) is 16.7 Å². The number of nitrogens with one attached hydrogen (secondary N) is 1. The number of hydrazone groups is 1. The van der Waals surface area contributed by atoms with Crippen LogP contribution in [0.25, 0.3) is 0 Å². The Morgan fingerprint density at radius 3 is 2.50 bits per heavy atom. The molecule has 0 radical (unpaired) electrons. The molecule has 1 N–H and O–H groups in total. The molecule has 3 nitrogen and oxygen atoms in total. The molecule has 104 valence electrons. The molecule has 0 atom stereocenters. The minimum Gasteiger partial charge on any atom is -0.494 e. The van der Waals surface area contributed by atoms with Gasteiger partial charge in [0, 0.05) is 0 Å². The van der Waals surface area contributed by atoms with Crippen LogP contribution in [0.4, 0.5) is 5.69 Å². The van der Waals surface area contributed by atoms with Crippen molar-refractivity contribution in [2.24, 2.45) is 5.10 Å². The van der Waals surface area contributed by atoms with E-state index in [4.69, 9.17) is 27.9 Å². The average Bonchev–Trinajstić information content (AvgIpc) is 2.45. The van der Waals surface area contributed by atoms with E-state index in [1.54, 1.807) is 18.3 Å². The first-order valence-electron chi connectivity index (χ1n) is 6.16. The average molecular weight is 309 g/mol. The number of hydrogen-bond acceptors (Lipinski definition) is 3. The molecule has 0 aliphatic rings. The fraction of sp³-hybridized carbons (Fsp3) is 0.133. The van der Waals surface area contributed by atoms with Crippen LogP contribution >= 0.6 is 23.2 Å². The van der Waals surface area contributed by atoms with Crippen LogP contribution < -0.4 is 10.2 Å². The van der Waals surface area contributed by atoms with E-state index in [1.807, 2.05) is 37.3 Å². The normalized spacial score (nSPS) is 10.8. The summed E-state index contributed by atoms with van der Waals surface area (Å²) >= 11 is 11.8. The monoisotopic (exact) mass is 308 g/mol. The summed E-state index contributed by atoms with van der Waals surface area (Å²) < 4.78 is 5.37. The van der Waals surface area contributed by atoms with Gasteiger partial charge < -0.3 is 4.74 Å². The Hall–Kier alpha value is -1.71. The lowest BCUT2D eigenvalue weighted by Crippen LogP contribution is -1.93. The molecule has 2 rings (SSSR count). The van der Waals surface area contributed by atoms with Gasteiger partial charge >= 0.3 is 0 Å². The molecule has 0 bridgehead atoms. The summed E-state index contributed by atoms with van der Waals surface area (Å²) in [5, 5.41) is 5.16. The van der Waals surface area contributed by atoms with E-state index in [0.717, 1.165) is 17.0 Å². The lowest BCUT2D eigenvalue weighted by atomic mass is 10.2. The summed E-state index contributed by atoms with van der Waals surface area (Å²) in [6, 6.07) is 12.9. The van der Waals surface area contributed by atoms with E-state index in [9.17, 15) is 0 Å². The van der Waals surface area contributed by atoms with Crippen molar-refractivity contribution in [3.8, 4) is 5.75 Å². The summed E-state index contributed by atoms with van der Waals surface area (Å²) in [6.45, 7) is 2.61. The van der Waals surface area contributed by atoms with Gasteiger partial charge in [0.2, 0.25) is 0 Å². The SMILES string of the molecule is CCOc1ccc(C=NNc2ccc(Cl)c(Cl)c2)cc1. The van der Waals surface area contributed by atoms with Gasteiger partial charge in [-0.3, -0.25) is 5.43 Å². The molecular weight excluding hydrogens is 295 g/mol. The maximum atomic E-state index is 5.92. The summed E-state index contributed by atoms with van der Waals surface area (Å²) in [5.74, 6) is 0.849. The number of halogens is 2. The highest BCUT2D eigenvalue weighted by atomic mass is 35.5. The number of hydrogen-bond donors (Lipinski definition) is 1. The Bertz CT molecular complexity index is 597. The van der Waals surface area contributed by atoms with E-state index < -0.39 is 0 Å². The molecule has 20 heavy (non-hydrogen) atoms. The Morgan fingerprint density at radius 2 is 1.85 bits per heavy atom. The first kappa shape index (κ1) is 14.7. The van der Waals surface area contributed by atoms with Gasteiger partial charge in [-0.15, -0.1) is 0 Å². The molecule has 0 aromatic heterocycles. The van der Waals surface area contributed by atoms with Crippen molar-refractivity contribution in [1.82, 2.24) is 0 Å². The molecule has 0 aliphatic carbocycles. The van der Waals surface area contributed by atoms with Gasteiger partial charge in [-0.2, -0.15) is 5.10 Å². The lowest BCUT2D eigenvalue weighted by Gasteiger charge is -2.03. The third-order valence-corrected chi connectivity index (χ3v) is 3.26. The number of nitrogens with zero attached hydrogens (tertiary/aromatic N) is 1. The number of ether oxygens (including phenoxy) is 1. The van der Waals surface area contributed by atoms with E-state index in [-0.39, 0.29) is 0 Å². The van der Waals surface area contributed by atoms with Crippen LogP contribution in [0.15, 0.2) is 47.6 Å². The fourth-order valence-electron chi connectivity index (χ4n) is 1.56. The molecule has 0 saturated heterocycles. The highest BCUT2D eigenvalue weighted by Crippen LogP contribution is 2.24. The van der Waals surface area contributed by atoms with Crippen molar-refractivity contribution in [2.45, 2.75) is 6.92 Å². The number of anilines is 1. The third kappa shape index (κ3) is 4.15. The molecule has 0 amide bonds. The zero-order valence-electron chi connectivity index (χ0n) is 10.9. The quantitative estimate of drug-likeness (QED) is 0.633. The van der Waals surface area contributed by atoms with Gasteiger partial charge in [-0.05, 0) is 55.0 Å². The van der Waals surface area contributed by atoms with Crippen LogP contribution in [0.3, 0.4) is 0 Å². The second-order valence-corrected chi connectivity index (χ2v) is 4.82. The Labute approximate surface area is 128 Å². The Morgan fingerprint density at radius 1 is 1.10 bits per heavy atom. The molecule has 0 saturated carbocycles. The van der Waals surface area contributed by atoms with Gasteiger partial charge in [0.15, 0.2) is 0 Å². The van der Waals surface area contributed by atoms with Crippen molar-refractivity contribution >= 4 is 35.1 Å². The molecule has 2 aromatic rings. The molecule has 2 aromatic carbocycles. The molecule has 0 spiro atoms. The van der Waals surface area contributed by atoms with Crippen LogP contribution in [-0.4, -0.2) is 12.8 Å². The van der Waals surface area contributed by atoms with Crippen molar-refractivity contribution in [2.75, 3.05) is 12.0 Å². The second-order valence-electron chi connectivity index (χ2n) is 4.00. The smallest absolute Gasteiger partial charge is 0.119 e. The van der Waals surface area contributed by atoms with Crippen LogP contribution in [0.1, 0.15) is 12.5 Å². The fourth-order valence-corrected chi connectivity index (χ4v) is 1.86. The largest absolute Gasteiger partial charge is 0.494 e. The van der Waals surface area contributed by atoms with Crippen LogP contribution in [0, 0.1) is 0 Å². The molecule has 0 aliphatic heterocycles. The van der Waals surface area contributed by atoms with Crippen molar-refractivity contribution in [3.05, 3.63) is 58.1 Å². The van der Waals surface area contributed by atoms with E-state index in [1.165, 1.54) is 0 Å². The molecule has 0 fully saturated rings. The predicted octanol–water partition coefficient (Wildman–Crippen LogP) is 4.84. The van der Waals surface area contributed by atoms with Gasteiger partial charge in [0.05, 0.1) is 28.6 Å². The third-order valence-electron chi connectivity index (χ3n) is 2.52. The van der Waals surface area contributed by atoms with Gasteiger partial charge in [-0.1, -0.05) is 23.2 Å². The molecule has 0 unspecified atom stereocenters. The maximum absolute atomic E-state index is 5.92. The minimum absolute atomic E-state index is 0.493. The van der Waals surface area contributed by atoms with E-state index >= 15 is 0 Å². The van der Waals surface area contributed by atoms with Gasteiger partial charge in [-0.25, -0.2) is 0 Å². The standard InChI is InChI=1S/C15H14Cl2N2O/c1-2-20-13-6-3-11(4-7-13)10-18-19-12-5-8-14(16)15(17)9-12/h3-10,19H,2H2,1H3. The first-order chi connectivity index (χ1) is 9.69. The predicted molar refractivity (Wildman–Crippen MR) is 85.3 cm³/mol. The molecule has 0 heterocycles. The summed E-state index contributed by atoms with van der Waals surface area (Å²) in [4.78, 5) is 0. The number of benzene rings is 2. The summed E-state index contributed by atoms with van der Waals surface area (Å²) in [5.41, 5.74) is 4.65. The zero-order chi connectivity index (χ0) is 14.4. The summed E-state index contributed by atoms with van der Waals surface area (Å²) in [6.07, 6.45) is 1.72. The lowest BCUT2D eigenvalue weighted by molar-refractivity contribution is 0.340. The summed E-state index contributed by atoms with van der Waals surface area (Å²) in [7, 11) is 0. The van der Waals surface area contributed by atoms with Crippen molar-refractivity contribution in [3.63, 3.8) is 0 Å². The van der Waals surface area contributed by atoms with Crippen LogP contribution in [0.5, 0.6) is 5.75 Å².